The first-order valence-electron chi connectivity index (χ1n) is 3.19. The number of rotatable bonds is 5. The van der Waals surface area contributed by atoms with Crippen molar-refractivity contribution in [2.24, 2.45) is 5.73 Å². The lowest BCUT2D eigenvalue weighted by molar-refractivity contribution is -0.140. The van der Waals surface area contributed by atoms with E-state index in [0.29, 0.717) is 0 Å². The number of nitrogens with two attached hydrogens (primary N) is 1. The van der Waals surface area contributed by atoms with Crippen molar-refractivity contribution in [2.75, 3.05) is 6.61 Å². The molecule has 0 bridgehead atoms. The second-order valence-electron chi connectivity index (χ2n) is 2.16. The number of aliphatic hydroxyl groups is 1. The van der Waals surface area contributed by atoms with Crippen LogP contribution in [0.5, 0.6) is 0 Å². The average molecular weight is 161 g/mol. The predicted octanol–water partition coefficient (Wildman–Crippen LogP) is -1.26. The zero-order chi connectivity index (χ0) is 8.85. The third-order valence-electron chi connectivity index (χ3n) is 1.16. The Morgan fingerprint density at radius 2 is 2.00 bits per heavy atom. The molecule has 0 radical (unpaired) electrons. The molecule has 0 fully saturated rings. The lowest BCUT2D eigenvalue weighted by Gasteiger charge is -2.02. The summed E-state index contributed by atoms with van der Waals surface area (Å²) in [5, 5.41) is 16.5. The number of Topliss-reactive ketones (excluding diaryl/α,β-unsaturated/α-hetero) is 1. The largest absolute Gasteiger partial charge is 0.480 e. The monoisotopic (exact) mass is 161 g/mol. The maximum absolute atomic E-state index is 10.7. The van der Waals surface area contributed by atoms with Gasteiger partial charge in [-0.25, -0.2) is 0 Å². The Hall–Kier alpha value is -0.940. The van der Waals surface area contributed by atoms with Crippen LogP contribution in [0.25, 0.3) is 0 Å². The fourth-order valence-electron chi connectivity index (χ4n) is 0.559. The molecule has 4 N–H and O–H groups in total. The van der Waals surface area contributed by atoms with E-state index in [1.54, 1.807) is 0 Å². The summed E-state index contributed by atoms with van der Waals surface area (Å²) in [4.78, 5) is 20.8. The minimum absolute atomic E-state index is 0.0268. The van der Waals surface area contributed by atoms with Crippen LogP contribution in [0.3, 0.4) is 0 Å². The van der Waals surface area contributed by atoms with Crippen LogP contribution in [0.1, 0.15) is 12.8 Å². The highest BCUT2D eigenvalue weighted by Gasteiger charge is 2.15. The number of carbonyl (C=O) groups is 2. The van der Waals surface area contributed by atoms with Crippen LogP contribution in [0.2, 0.25) is 0 Å². The molecule has 0 spiro atoms. The topological polar surface area (TPSA) is 101 Å². The third-order valence-corrected chi connectivity index (χ3v) is 1.16. The first kappa shape index (κ1) is 10.1. The second kappa shape index (κ2) is 4.81. The molecule has 0 aromatic rings. The van der Waals surface area contributed by atoms with Gasteiger partial charge in [0.05, 0.1) is 0 Å². The number of carbonyl (C=O) groups excluding carboxylic acids is 1. The number of carboxylic acid groups (broad SMARTS) is 1. The molecule has 1 unspecified atom stereocenters. The van der Waals surface area contributed by atoms with Gasteiger partial charge in [-0.3, -0.25) is 9.59 Å². The smallest absolute Gasteiger partial charge is 0.320 e. The molecule has 0 aliphatic carbocycles. The summed E-state index contributed by atoms with van der Waals surface area (Å²) in [6, 6.07) is -1.14. The predicted molar refractivity (Wildman–Crippen MR) is 36.9 cm³/mol. The number of aliphatic carboxylic acids is 1. The number of carboxylic acids is 1. The number of aliphatic hydroxyl groups excluding tert-OH is 1. The Labute approximate surface area is 63.8 Å². The molecule has 0 aliphatic rings. The minimum Gasteiger partial charge on any atom is -0.480 e. The maximum atomic E-state index is 10.7. The SMILES string of the molecule is NC(CC(=O)CCO)C(=O)O. The first-order valence-corrected chi connectivity index (χ1v) is 3.19. The lowest BCUT2D eigenvalue weighted by atomic mass is 10.1. The molecule has 0 amide bonds. The normalized spacial score (nSPS) is 12.5. The Kier molecular flexibility index (Phi) is 4.40. The summed E-state index contributed by atoms with van der Waals surface area (Å²) >= 11 is 0. The van der Waals surface area contributed by atoms with Crippen molar-refractivity contribution < 1.29 is 19.8 Å². The zero-order valence-corrected chi connectivity index (χ0v) is 5.99. The van der Waals surface area contributed by atoms with Crippen molar-refractivity contribution in [1.29, 1.82) is 0 Å². The van der Waals surface area contributed by atoms with Crippen LogP contribution in [0.4, 0.5) is 0 Å². The summed E-state index contributed by atoms with van der Waals surface area (Å²) in [5.41, 5.74) is 5.05. The molecule has 1 atom stereocenters. The molecule has 5 nitrogen and oxygen atoms in total. The maximum Gasteiger partial charge on any atom is 0.320 e. The van der Waals surface area contributed by atoms with E-state index in [2.05, 4.69) is 0 Å². The Morgan fingerprint density at radius 3 is 2.36 bits per heavy atom. The number of hydrogen-bond donors (Lipinski definition) is 3. The molecule has 0 aromatic carbocycles. The van der Waals surface area contributed by atoms with E-state index in [4.69, 9.17) is 15.9 Å². The summed E-state index contributed by atoms with van der Waals surface area (Å²) in [6.45, 7) is -0.259. The van der Waals surface area contributed by atoms with Crippen molar-refractivity contribution in [3.05, 3.63) is 0 Å². The van der Waals surface area contributed by atoms with Crippen LogP contribution in [0.15, 0.2) is 0 Å². The van der Waals surface area contributed by atoms with Crippen molar-refractivity contribution in [1.82, 2.24) is 0 Å². The fraction of sp³-hybridized carbons (Fsp3) is 0.667. The lowest BCUT2D eigenvalue weighted by Crippen LogP contribution is -2.32. The van der Waals surface area contributed by atoms with Crippen LogP contribution in [-0.4, -0.2) is 34.6 Å². The summed E-state index contributed by atoms with van der Waals surface area (Å²) < 4.78 is 0. The highest BCUT2D eigenvalue weighted by atomic mass is 16.4. The van der Waals surface area contributed by atoms with Gasteiger partial charge < -0.3 is 15.9 Å². The van der Waals surface area contributed by atoms with Crippen LogP contribution >= 0.6 is 0 Å². The number of hydrogen-bond acceptors (Lipinski definition) is 4. The number of ketones is 1. The average Bonchev–Trinajstić information content (AvgIpc) is 1.87. The highest BCUT2D eigenvalue weighted by molar-refractivity contribution is 5.85. The van der Waals surface area contributed by atoms with Gasteiger partial charge in [-0.1, -0.05) is 0 Å². The molecule has 0 rings (SSSR count). The van der Waals surface area contributed by atoms with Gasteiger partial charge in [0.2, 0.25) is 0 Å². The Balaban J connectivity index is 3.66. The van der Waals surface area contributed by atoms with Gasteiger partial charge in [-0.05, 0) is 0 Å². The van der Waals surface area contributed by atoms with E-state index in [9.17, 15) is 9.59 Å². The van der Waals surface area contributed by atoms with Gasteiger partial charge in [0.15, 0.2) is 0 Å². The van der Waals surface area contributed by atoms with Gasteiger partial charge in [0.25, 0.3) is 0 Å². The van der Waals surface area contributed by atoms with E-state index in [-0.39, 0.29) is 25.2 Å². The van der Waals surface area contributed by atoms with Crippen molar-refractivity contribution in [2.45, 2.75) is 18.9 Å². The molecule has 11 heavy (non-hydrogen) atoms. The van der Waals surface area contributed by atoms with Gasteiger partial charge in [0, 0.05) is 19.4 Å². The molecular weight excluding hydrogens is 150 g/mol. The first-order chi connectivity index (χ1) is 5.07. The molecule has 0 aliphatic heterocycles. The summed E-state index contributed by atoms with van der Waals surface area (Å²) in [7, 11) is 0. The zero-order valence-electron chi connectivity index (χ0n) is 5.99. The Morgan fingerprint density at radius 1 is 1.45 bits per heavy atom. The van der Waals surface area contributed by atoms with E-state index in [1.807, 2.05) is 0 Å². The van der Waals surface area contributed by atoms with E-state index in [1.165, 1.54) is 0 Å². The van der Waals surface area contributed by atoms with Gasteiger partial charge in [-0.2, -0.15) is 0 Å². The van der Waals surface area contributed by atoms with Gasteiger partial charge in [0.1, 0.15) is 11.8 Å². The van der Waals surface area contributed by atoms with Crippen LogP contribution in [-0.2, 0) is 9.59 Å². The molecule has 5 heteroatoms. The molecule has 64 valence electrons. The van der Waals surface area contributed by atoms with Crippen molar-refractivity contribution in [3.8, 4) is 0 Å². The quantitative estimate of drug-likeness (QED) is 0.467. The van der Waals surface area contributed by atoms with E-state index >= 15 is 0 Å². The summed E-state index contributed by atoms with van der Waals surface area (Å²) in [5.74, 6) is -1.53. The van der Waals surface area contributed by atoms with Crippen LogP contribution < -0.4 is 5.73 Å². The third kappa shape index (κ3) is 4.46. The van der Waals surface area contributed by atoms with E-state index in [0.717, 1.165) is 0 Å². The van der Waals surface area contributed by atoms with Gasteiger partial charge >= 0.3 is 5.97 Å². The van der Waals surface area contributed by atoms with E-state index < -0.39 is 12.0 Å². The second-order valence-corrected chi connectivity index (χ2v) is 2.16. The van der Waals surface area contributed by atoms with Crippen LogP contribution in [0, 0.1) is 0 Å². The van der Waals surface area contributed by atoms with Gasteiger partial charge in [-0.15, -0.1) is 0 Å². The summed E-state index contributed by atoms with van der Waals surface area (Å²) in [6.07, 6.45) is -0.239. The fourth-order valence-corrected chi connectivity index (χ4v) is 0.559. The Bertz CT molecular complexity index is 157. The highest BCUT2D eigenvalue weighted by Crippen LogP contribution is 1.93. The standard InChI is InChI=1S/C6H11NO4/c7-5(6(10)11)3-4(9)1-2-8/h5,8H,1-3,7H2,(H,10,11). The molecular formula is C6H11NO4. The molecule has 0 saturated carbocycles. The van der Waals surface area contributed by atoms with Crippen molar-refractivity contribution >= 4 is 11.8 Å². The molecule has 0 heterocycles. The molecule has 0 saturated heterocycles. The van der Waals surface area contributed by atoms with Crippen molar-refractivity contribution in [3.63, 3.8) is 0 Å². The molecule has 0 aromatic heterocycles. The minimum atomic E-state index is -1.20.